The van der Waals surface area contributed by atoms with E-state index in [4.69, 9.17) is 9.15 Å². The molecule has 3 rings (SSSR count). The van der Waals surface area contributed by atoms with Gasteiger partial charge in [0.15, 0.2) is 11.9 Å². The van der Waals surface area contributed by atoms with Crippen LogP contribution in [0.25, 0.3) is 0 Å². The first kappa shape index (κ1) is 13.9. The Labute approximate surface area is 121 Å². The highest BCUT2D eigenvalue weighted by atomic mass is 19.1. The molecule has 7 nitrogen and oxygen atoms in total. The van der Waals surface area contributed by atoms with Gasteiger partial charge in [-0.15, -0.1) is 10.2 Å². The highest BCUT2D eigenvalue weighted by Gasteiger charge is 2.28. The monoisotopic (exact) mass is 293 g/mol. The smallest absolute Gasteiger partial charge is 0.247 e. The van der Waals surface area contributed by atoms with Crippen LogP contribution in [-0.2, 0) is 4.74 Å². The predicted molar refractivity (Wildman–Crippen MR) is 71.3 cm³/mol. The maximum absolute atomic E-state index is 12.9. The van der Waals surface area contributed by atoms with Crippen molar-refractivity contribution in [2.24, 2.45) is 0 Å². The highest BCUT2D eigenvalue weighted by Crippen LogP contribution is 2.24. The average molecular weight is 293 g/mol. The third-order valence-electron chi connectivity index (χ3n) is 3.18. The van der Waals surface area contributed by atoms with E-state index in [-0.39, 0.29) is 12.0 Å². The van der Waals surface area contributed by atoms with Gasteiger partial charge in [-0.3, -0.25) is 0 Å². The molecule has 0 spiro atoms. The van der Waals surface area contributed by atoms with Gasteiger partial charge in [0.2, 0.25) is 17.7 Å². The lowest BCUT2D eigenvalue weighted by Crippen LogP contribution is -2.39. The van der Waals surface area contributed by atoms with E-state index in [0.717, 1.165) is 12.4 Å². The number of nitrogens with zero attached hydrogens (tertiary/aromatic N) is 5. The Balaban J connectivity index is 1.74. The third-order valence-corrected chi connectivity index (χ3v) is 3.18. The predicted octanol–water partition coefficient (Wildman–Crippen LogP) is 1.70. The summed E-state index contributed by atoms with van der Waals surface area (Å²) in [4.78, 5) is 9.87. The molecule has 1 saturated heterocycles. The molecule has 2 aromatic heterocycles. The summed E-state index contributed by atoms with van der Waals surface area (Å²) in [6.07, 6.45) is 1.97. The number of morpholine rings is 1. The lowest BCUT2D eigenvalue weighted by molar-refractivity contribution is 0.0208. The second-order valence-electron chi connectivity index (χ2n) is 5.14. The minimum absolute atomic E-state index is 0.173. The summed E-state index contributed by atoms with van der Waals surface area (Å²) in [7, 11) is 0. The number of anilines is 1. The maximum Gasteiger partial charge on any atom is 0.247 e. The summed E-state index contributed by atoms with van der Waals surface area (Å²) in [5, 5.41) is 8.04. The number of hydrogen-bond acceptors (Lipinski definition) is 7. The second-order valence-corrected chi connectivity index (χ2v) is 5.14. The molecule has 3 heterocycles. The quantitative estimate of drug-likeness (QED) is 0.852. The summed E-state index contributed by atoms with van der Waals surface area (Å²) in [6.45, 7) is 5.58. The molecule has 1 unspecified atom stereocenters. The Morgan fingerprint density at radius 3 is 2.71 bits per heavy atom. The zero-order valence-corrected chi connectivity index (χ0v) is 11.9. The molecular formula is C13H16FN5O2. The summed E-state index contributed by atoms with van der Waals surface area (Å²) < 4.78 is 24.2. The topological polar surface area (TPSA) is 77.2 Å². The Hall–Kier alpha value is -2.09. The van der Waals surface area contributed by atoms with Gasteiger partial charge >= 0.3 is 0 Å². The Morgan fingerprint density at radius 1 is 1.29 bits per heavy atom. The van der Waals surface area contributed by atoms with Crippen LogP contribution in [0.15, 0.2) is 16.8 Å². The largest absolute Gasteiger partial charge is 0.422 e. The fourth-order valence-corrected chi connectivity index (χ4v) is 2.06. The van der Waals surface area contributed by atoms with Gasteiger partial charge in [0, 0.05) is 12.5 Å². The first-order valence-electron chi connectivity index (χ1n) is 6.81. The van der Waals surface area contributed by atoms with Crippen LogP contribution in [0.5, 0.6) is 0 Å². The van der Waals surface area contributed by atoms with Gasteiger partial charge in [-0.25, -0.2) is 14.4 Å². The van der Waals surface area contributed by atoms with E-state index in [2.05, 4.69) is 20.2 Å². The van der Waals surface area contributed by atoms with E-state index < -0.39 is 5.82 Å². The van der Waals surface area contributed by atoms with E-state index in [0.29, 0.717) is 37.4 Å². The van der Waals surface area contributed by atoms with Crippen LogP contribution in [0.4, 0.5) is 10.3 Å². The molecular weight excluding hydrogens is 277 g/mol. The van der Waals surface area contributed by atoms with Crippen LogP contribution >= 0.6 is 0 Å². The molecule has 0 amide bonds. The van der Waals surface area contributed by atoms with E-state index in [9.17, 15) is 4.39 Å². The minimum Gasteiger partial charge on any atom is -0.422 e. The van der Waals surface area contributed by atoms with Crippen LogP contribution < -0.4 is 4.90 Å². The molecule has 0 aromatic carbocycles. The number of hydrogen-bond donors (Lipinski definition) is 0. The van der Waals surface area contributed by atoms with Gasteiger partial charge in [-0.2, -0.15) is 0 Å². The van der Waals surface area contributed by atoms with Gasteiger partial charge in [0.1, 0.15) is 0 Å². The lowest BCUT2D eigenvalue weighted by atomic mass is 10.2. The molecule has 21 heavy (non-hydrogen) atoms. The molecule has 1 atom stereocenters. The third kappa shape index (κ3) is 2.99. The molecule has 0 saturated carbocycles. The molecule has 0 aliphatic carbocycles. The lowest BCUT2D eigenvalue weighted by Gasteiger charge is -2.31. The molecule has 0 bridgehead atoms. The van der Waals surface area contributed by atoms with Gasteiger partial charge in [-0.1, -0.05) is 13.8 Å². The summed E-state index contributed by atoms with van der Waals surface area (Å²) in [6, 6.07) is 0. The van der Waals surface area contributed by atoms with Gasteiger partial charge in [0.25, 0.3) is 0 Å². The van der Waals surface area contributed by atoms with Crippen molar-refractivity contribution in [2.75, 3.05) is 24.6 Å². The van der Waals surface area contributed by atoms with Crippen molar-refractivity contribution in [3.8, 4) is 0 Å². The Morgan fingerprint density at radius 2 is 2.05 bits per heavy atom. The van der Waals surface area contributed by atoms with Crippen LogP contribution in [0, 0.1) is 5.82 Å². The molecule has 8 heteroatoms. The summed E-state index contributed by atoms with van der Waals surface area (Å²) in [5.74, 6) is 1.22. The number of aromatic nitrogens is 4. The highest BCUT2D eigenvalue weighted by molar-refractivity contribution is 5.29. The minimum atomic E-state index is -0.456. The van der Waals surface area contributed by atoms with E-state index in [1.165, 1.54) is 0 Å². The van der Waals surface area contributed by atoms with Crippen molar-refractivity contribution in [1.29, 1.82) is 0 Å². The van der Waals surface area contributed by atoms with Crippen molar-refractivity contribution < 1.29 is 13.5 Å². The van der Waals surface area contributed by atoms with Crippen molar-refractivity contribution in [1.82, 2.24) is 20.2 Å². The maximum atomic E-state index is 12.9. The molecule has 1 aliphatic heterocycles. The van der Waals surface area contributed by atoms with E-state index in [1.807, 2.05) is 18.7 Å². The van der Waals surface area contributed by atoms with Crippen LogP contribution in [-0.4, -0.2) is 39.9 Å². The van der Waals surface area contributed by atoms with Crippen molar-refractivity contribution in [2.45, 2.75) is 25.9 Å². The standard InChI is InChI=1S/C13H16FN5O2/c1-8(2)11-17-18-12(21-11)10-7-19(3-4-20-10)13-15-5-9(14)6-16-13/h5-6,8,10H,3-4,7H2,1-2H3. The van der Waals surface area contributed by atoms with Gasteiger partial charge in [0.05, 0.1) is 25.5 Å². The van der Waals surface area contributed by atoms with E-state index >= 15 is 0 Å². The SMILES string of the molecule is CC(C)c1nnc(C2CN(c3ncc(F)cn3)CCO2)o1. The van der Waals surface area contributed by atoms with Crippen molar-refractivity contribution in [3.63, 3.8) is 0 Å². The summed E-state index contributed by atoms with van der Waals surface area (Å²) >= 11 is 0. The normalized spacial score (nSPS) is 19.2. The molecule has 2 aromatic rings. The molecule has 1 aliphatic rings. The second kappa shape index (κ2) is 5.72. The molecule has 0 N–H and O–H groups in total. The number of rotatable bonds is 3. The molecule has 1 fully saturated rings. The number of halogens is 1. The van der Waals surface area contributed by atoms with Gasteiger partial charge < -0.3 is 14.1 Å². The van der Waals surface area contributed by atoms with Crippen molar-refractivity contribution in [3.05, 3.63) is 30.0 Å². The van der Waals surface area contributed by atoms with Crippen LogP contribution in [0.1, 0.15) is 37.7 Å². The first-order valence-corrected chi connectivity index (χ1v) is 6.81. The zero-order chi connectivity index (χ0) is 14.8. The van der Waals surface area contributed by atoms with Crippen LogP contribution in [0.3, 0.4) is 0 Å². The average Bonchev–Trinajstić information content (AvgIpc) is 2.98. The Bertz CT molecular complexity index is 601. The summed E-state index contributed by atoms with van der Waals surface area (Å²) in [5.41, 5.74) is 0. The fraction of sp³-hybridized carbons (Fsp3) is 0.538. The molecule has 0 radical (unpaired) electrons. The Kier molecular flexibility index (Phi) is 3.78. The molecule has 112 valence electrons. The zero-order valence-electron chi connectivity index (χ0n) is 11.9. The van der Waals surface area contributed by atoms with Gasteiger partial charge in [-0.05, 0) is 0 Å². The van der Waals surface area contributed by atoms with E-state index in [1.54, 1.807) is 0 Å². The van der Waals surface area contributed by atoms with Crippen LogP contribution in [0.2, 0.25) is 0 Å². The van der Waals surface area contributed by atoms with Crippen molar-refractivity contribution >= 4 is 5.95 Å². The fourth-order valence-electron chi connectivity index (χ4n) is 2.06. The first-order chi connectivity index (χ1) is 10.1. The number of ether oxygens (including phenoxy) is 1.